The van der Waals surface area contributed by atoms with Gasteiger partial charge in [-0.05, 0) is 86.2 Å². The molecule has 37 heavy (non-hydrogen) atoms. The predicted molar refractivity (Wildman–Crippen MR) is 151 cm³/mol. The summed E-state index contributed by atoms with van der Waals surface area (Å²) >= 11 is 1.69. The number of hydrogen-bond donors (Lipinski definition) is 3. The van der Waals surface area contributed by atoms with Crippen molar-refractivity contribution in [2.75, 3.05) is 32.6 Å². The number of H-pyrrole nitrogens is 1. The lowest BCUT2D eigenvalue weighted by molar-refractivity contribution is 0.100. The lowest BCUT2D eigenvalue weighted by Gasteiger charge is -2.31. The van der Waals surface area contributed by atoms with Crippen molar-refractivity contribution < 1.29 is 17.9 Å². The minimum atomic E-state index is -3.28. The normalized spacial score (nSPS) is 16.0. The number of carbonyl (C=O) groups excluding carboxylic acids is 1. The highest BCUT2D eigenvalue weighted by Crippen LogP contribution is 2.38. The number of primary amides is 1. The SMILES string of the molecule is COCCCS(=O)(=O)N1CCC(c2c[nH]c3c(C(N)=O)cc(-c4csc(CNC(C)(C)C)c4)cc23)CC1. The van der Waals surface area contributed by atoms with E-state index in [1.54, 1.807) is 22.8 Å². The van der Waals surface area contributed by atoms with Gasteiger partial charge < -0.3 is 20.8 Å². The maximum absolute atomic E-state index is 12.7. The van der Waals surface area contributed by atoms with Gasteiger partial charge in [0.25, 0.3) is 5.91 Å². The van der Waals surface area contributed by atoms with Crippen LogP contribution in [0.4, 0.5) is 0 Å². The number of nitrogens with one attached hydrogen (secondary N) is 2. The van der Waals surface area contributed by atoms with Gasteiger partial charge in [-0.25, -0.2) is 12.7 Å². The van der Waals surface area contributed by atoms with Crippen LogP contribution in [0.25, 0.3) is 22.0 Å². The van der Waals surface area contributed by atoms with Crippen LogP contribution in [0.3, 0.4) is 0 Å². The largest absolute Gasteiger partial charge is 0.385 e. The van der Waals surface area contributed by atoms with Crippen molar-refractivity contribution in [3.8, 4) is 11.1 Å². The van der Waals surface area contributed by atoms with Crippen LogP contribution >= 0.6 is 11.3 Å². The third-order valence-corrected chi connectivity index (χ3v) is 9.80. The molecular formula is C27H38N4O4S2. The number of sulfonamides is 1. The van der Waals surface area contributed by atoms with Crippen LogP contribution in [-0.2, 0) is 21.3 Å². The summed E-state index contributed by atoms with van der Waals surface area (Å²) in [5, 5.41) is 6.61. The summed E-state index contributed by atoms with van der Waals surface area (Å²) < 4.78 is 32.0. The van der Waals surface area contributed by atoms with Gasteiger partial charge >= 0.3 is 0 Å². The number of carbonyl (C=O) groups is 1. The molecule has 0 saturated carbocycles. The predicted octanol–water partition coefficient (Wildman–Crippen LogP) is 4.43. The molecule has 3 aromatic rings. The monoisotopic (exact) mass is 546 g/mol. The summed E-state index contributed by atoms with van der Waals surface area (Å²) in [6.45, 7) is 8.62. The smallest absolute Gasteiger partial charge is 0.250 e. The third kappa shape index (κ3) is 6.61. The molecule has 0 bridgehead atoms. The van der Waals surface area contributed by atoms with Crippen molar-refractivity contribution in [1.29, 1.82) is 0 Å². The first-order chi connectivity index (χ1) is 17.5. The zero-order valence-electron chi connectivity index (χ0n) is 22.1. The van der Waals surface area contributed by atoms with E-state index in [-0.39, 0.29) is 17.2 Å². The zero-order valence-corrected chi connectivity index (χ0v) is 23.7. The Balaban J connectivity index is 1.58. The number of benzene rings is 1. The topological polar surface area (TPSA) is 118 Å². The third-order valence-electron chi connectivity index (χ3n) is 6.90. The zero-order chi connectivity index (χ0) is 26.8. The average Bonchev–Trinajstić information content (AvgIpc) is 3.49. The van der Waals surface area contributed by atoms with Gasteiger partial charge in [-0.2, -0.15) is 0 Å². The van der Waals surface area contributed by atoms with Crippen LogP contribution in [0, 0.1) is 0 Å². The molecule has 1 saturated heterocycles. The molecule has 0 aliphatic carbocycles. The fraction of sp³-hybridized carbons (Fsp3) is 0.519. The van der Waals surface area contributed by atoms with Crippen molar-refractivity contribution in [2.24, 2.45) is 5.73 Å². The number of nitrogens with two attached hydrogens (primary N) is 1. The molecule has 1 amide bonds. The van der Waals surface area contributed by atoms with Crippen LogP contribution in [0.2, 0.25) is 0 Å². The first-order valence-electron chi connectivity index (χ1n) is 12.7. The minimum absolute atomic E-state index is 0.0288. The Morgan fingerprint density at radius 3 is 2.59 bits per heavy atom. The van der Waals surface area contributed by atoms with Crippen molar-refractivity contribution >= 4 is 38.2 Å². The van der Waals surface area contributed by atoms with Crippen molar-refractivity contribution in [2.45, 2.75) is 58.0 Å². The second kappa shape index (κ2) is 11.2. The second-order valence-corrected chi connectivity index (χ2v) is 13.9. The van der Waals surface area contributed by atoms with Crippen molar-refractivity contribution in [3.63, 3.8) is 0 Å². The number of amides is 1. The van der Waals surface area contributed by atoms with Crippen LogP contribution in [0.15, 0.2) is 29.8 Å². The number of aromatic nitrogens is 1. The standard InChI is InChI=1S/C27H38N4O4S2/c1-27(2,3)30-15-21-12-20(17-36-21)19-13-22-24(16-29-25(22)23(14-19)26(28)32)18-6-8-31(9-7-18)37(33,34)11-5-10-35-4/h12-14,16-18,29-30H,5-11,15H2,1-4H3,(H2,28,32). The Morgan fingerprint density at radius 2 is 1.95 bits per heavy atom. The van der Waals surface area contributed by atoms with E-state index >= 15 is 0 Å². The molecule has 1 aliphatic heterocycles. The highest BCUT2D eigenvalue weighted by atomic mass is 32.2. The molecule has 8 nitrogen and oxygen atoms in total. The minimum Gasteiger partial charge on any atom is -0.385 e. The molecule has 2 aromatic heterocycles. The Hall–Kier alpha value is -2.24. The van der Waals surface area contributed by atoms with Gasteiger partial charge in [0, 0.05) is 55.4 Å². The molecule has 0 radical (unpaired) electrons. The Morgan fingerprint density at radius 1 is 1.22 bits per heavy atom. The van der Waals surface area contributed by atoms with E-state index < -0.39 is 15.9 Å². The van der Waals surface area contributed by atoms with Gasteiger partial charge in [0.2, 0.25) is 10.0 Å². The quantitative estimate of drug-likeness (QED) is 0.325. The molecular weight excluding hydrogens is 508 g/mol. The number of piperidine rings is 1. The molecule has 0 atom stereocenters. The number of rotatable bonds is 10. The number of nitrogens with zero attached hydrogens (tertiary/aromatic N) is 1. The van der Waals surface area contributed by atoms with Gasteiger partial charge in [0.1, 0.15) is 0 Å². The van der Waals surface area contributed by atoms with Crippen LogP contribution in [0.5, 0.6) is 0 Å². The van der Waals surface area contributed by atoms with E-state index in [1.165, 1.54) is 4.88 Å². The number of fused-ring (bicyclic) bond motifs is 1. The van der Waals surface area contributed by atoms with Crippen LogP contribution < -0.4 is 11.1 Å². The highest BCUT2D eigenvalue weighted by molar-refractivity contribution is 7.89. The van der Waals surface area contributed by atoms with Gasteiger partial charge in [0.05, 0.1) is 16.8 Å². The van der Waals surface area contributed by atoms with Gasteiger partial charge in [0.15, 0.2) is 0 Å². The molecule has 10 heteroatoms. The van der Waals surface area contributed by atoms with E-state index in [0.29, 0.717) is 31.7 Å². The maximum atomic E-state index is 12.7. The maximum Gasteiger partial charge on any atom is 0.250 e. The van der Waals surface area contributed by atoms with Crippen molar-refractivity contribution in [3.05, 3.63) is 45.8 Å². The van der Waals surface area contributed by atoms with E-state index in [0.717, 1.165) is 47.0 Å². The molecule has 202 valence electrons. The molecule has 1 aromatic carbocycles. The summed E-state index contributed by atoms with van der Waals surface area (Å²) in [5.41, 5.74) is 10.2. The Bertz CT molecular complexity index is 1350. The molecule has 1 aliphatic rings. The van der Waals surface area contributed by atoms with Gasteiger partial charge in [-0.1, -0.05) is 0 Å². The lowest BCUT2D eigenvalue weighted by atomic mass is 9.88. The first kappa shape index (κ1) is 27.8. The van der Waals surface area contributed by atoms with Gasteiger partial charge in [-0.15, -0.1) is 11.3 Å². The summed E-state index contributed by atoms with van der Waals surface area (Å²) in [6, 6.07) is 6.16. The summed E-state index contributed by atoms with van der Waals surface area (Å²) in [6.07, 6.45) is 3.92. The first-order valence-corrected chi connectivity index (χ1v) is 15.2. The molecule has 4 rings (SSSR count). The lowest BCUT2D eigenvalue weighted by Crippen LogP contribution is -2.39. The molecule has 0 unspecified atom stereocenters. The number of methoxy groups -OCH3 is 1. The average molecular weight is 547 g/mol. The van der Waals surface area contributed by atoms with Gasteiger partial charge in [-0.3, -0.25) is 4.79 Å². The molecule has 0 spiro atoms. The van der Waals surface area contributed by atoms with Crippen LogP contribution in [-0.4, -0.2) is 61.7 Å². The number of ether oxygens (including phenoxy) is 1. The molecule has 4 N–H and O–H groups in total. The van der Waals surface area contributed by atoms with Crippen LogP contribution in [0.1, 0.15) is 66.8 Å². The van der Waals surface area contributed by atoms with E-state index in [4.69, 9.17) is 10.5 Å². The number of thiophene rings is 1. The second-order valence-electron chi connectivity index (χ2n) is 10.8. The highest BCUT2D eigenvalue weighted by Gasteiger charge is 2.30. The van der Waals surface area contributed by atoms with Crippen molar-refractivity contribution in [1.82, 2.24) is 14.6 Å². The molecule has 3 heterocycles. The van der Waals surface area contributed by atoms with E-state index in [9.17, 15) is 13.2 Å². The summed E-state index contributed by atoms with van der Waals surface area (Å²) in [5.74, 6) is -0.163. The fourth-order valence-corrected chi connectivity index (χ4v) is 7.23. The summed E-state index contributed by atoms with van der Waals surface area (Å²) in [4.78, 5) is 16.9. The van der Waals surface area contributed by atoms with E-state index in [2.05, 4.69) is 48.6 Å². The Kier molecular flexibility index (Phi) is 8.45. The number of hydrogen-bond acceptors (Lipinski definition) is 6. The Labute approximate surface area is 223 Å². The number of aromatic amines is 1. The molecule has 1 fully saturated rings. The fourth-order valence-electron chi connectivity index (χ4n) is 4.89. The van der Waals surface area contributed by atoms with E-state index in [1.807, 2.05) is 12.3 Å². The summed E-state index contributed by atoms with van der Waals surface area (Å²) in [7, 11) is -1.70.